The molecule has 5 nitrogen and oxygen atoms in total. The van der Waals surface area contributed by atoms with Gasteiger partial charge in [-0.2, -0.15) is 0 Å². The molecule has 1 saturated heterocycles. The predicted octanol–water partition coefficient (Wildman–Crippen LogP) is 4.09. The third kappa shape index (κ3) is 2.26. The molecule has 1 fully saturated rings. The summed E-state index contributed by atoms with van der Waals surface area (Å²) in [4.78, 5) is 8.69. The molecule has 0 aliphatic carbocycles. The predicted molar refractivity (Wildman–Crippen MR) is 103 cm³/mol. The monoisotopic (exact) mass is 366 g/mol. The highest BCUT2D eigenvalue weighted by Gasteiger charge is 2.53. The zero-order valence-electron chi connectivity index (χ0n) is 16.0. The van der Waals surface area contributed by atoms with E-state index in [1.165, 1.54) is 0 Å². The second kappa shape index (κ2) is 5.29. The molecule has 2 unspecified atom stereocenters. The fourth-order valence-corrected chi connectivity index (χ4v) is 4.97. The van der Waals surface area contributed by atoms with Gasteiger partial charge in [0, 0.05) is 41.4 Å². The first-order chi connectivity index (χ1) is 12.8. The quantitative estimate of drug-likeness (QED) is 0.705. The molecule has 4 heterocycles. The average molecular weight is 366 g/mol. The first-order valence-electron chi connectivity index (χ1n) is 9.34. The molecule has 2 atom stereocenters. The Morgan fingerprint density at radius 3 is 2.89 bits per heavy atom. The highest BCUT2D eigenvalue weighted by molar-refractivity contribution is 5.72. The highest BCUT2D eigenvalue weighted by atomic mass is 19.1. The van der Waals surface area contributed by atoms with Crippen molar-refractivity contribution in [1.29, 1.82) is 0 Å². The topological polar surface area (TPSA) is 51.5 Å². The summed E-state index contributed by atoms with van der Waals surface area (Å²) in [6.07, 6.45) is 4.48. The largest absolute Gasteiger partial charge is 0.377 e. The maximum atomic E-state index is 15.2. The Hall–Kier alpha value is -2.47. The number of aromatic nitrogens is 3. The van der Waals surface area contributed by atoms with E-state index in [1.54, 1.807) is 12.3 Å². The van der Waals surface area contributed by atoms with Gasteiger partial charge in [-0.3, -0.25) is 4.40 Å². The van der Waals surface area contributed by atoms with Crippen LogP contribution in [0.1, 0.15) is 38.4 Å². The molecule has 0 radical (unpaired) electrons. The Labute approximate surface area is 157 Å². The number of benzene rings is 1. The molecule has 1 aromatic carbocycles. The van der Waals surface area contributed by atoms with E-state index in [0.29, 0.717) is 11.3 Å². The summed E-state index contributed by atoms with van der Waals surface area (Å²) in [5, 5.41) is 3.50. The molecule has 5 rings (SSSR count). The standard InChI is InChI=1S/C21H23FN4O/c1-12-9-17(26-7-6-23-19(26)24-12)13-10-14-16(11-15(13)22)25-20(2,3)18-21(14,4)5-8-27-18/h6-7,9-11,18,25H,5,8H2,1-4H3. The van der Waals surface area contributed by atoms with Crippen LogP contribution in [0, 0.1) is 12.7 Å². The fourth-order valence-electron chi connectivity index (χ4n) is 4.97. The lowest BCUT2D eigenvalue weighted by atomic mass is 9.67. The first kappa shape index (κ1) is 16.7. The molecule has 140 valence electrons. The van der Waals surface area contributed by atoms with Crippen LogP contribution >= 0.6 is 0 Å². The molecule has 0 bridgehead atoms. The van der Waals surface area contributed by atoms with Gasteiger partial charge in [0.25, 0.3) is 0 Å². The van der Waals surface area contributed by atoms with Gasteiger partial charge in [-0.1, -0.05) is 6.92 Å². The van der Waals surface area contributed by atoms with E-state index in [9.17, 15) is 0 Å². The highest BCUT2D eigenvalue weighted by Crippen LogP contribution is 2.51. The Morgan fingerprint density at radius 1 is 1.26 bits per heavy atom. The summed E-state index contributed by atoms with van der Waals surface area (Å²) in [5.74, 6) is 0.327. The number of nitrogens with one attached hydrogen (secondary N) is 1. The van der Waals surface area contributed by atoms with E-state index < -0.39 is 0 Å². The number of ether oxygens (including phenoxy) is 1. The normalized spacial score (nSPS) is 25.9. The Morgan fingerprint density at radius 2 is 2.07 bits per heavy atom. The second-order valence-electron chi connectivity index (χ2n) is 8.52. The van der Waals surface area contributed by atoms with Crippen molar-refractivity contribution in [2.75, 3.05) is 11.9 Å². The van der Waals surface area contributed by atoms with Gasteiger partial charge in [0.15, 0.2) is 0 Å². The number of nitrogens with zero attached hydrogens (tertiary/aromatic N) is 3. The van der Waals surface area contributed by atoms with E-state index in [0.717, 1.165) is 35.7 Å². The number of halogens is 1. The van der Waals surface area contributed by atoms with Crippen LogP contribution in [0.2, 0.25) is 0 Å². The third-order valence-electron chi connectivity index (χ3n) is 6.10. The van der Waals surface area contributed by atoms with E-state index in [2.05, 4.69) is 36.1 Å². The summed E-state index contributed by atoms with van der Waals surface area (Å²) in [6.45, 7) is 9.10. The molecule has 2 aliphatic heterocycles. The molecule has 0 saturated carbocycles. The van der Waals surface area contributed by atoms with E-state index in [-0.39, 0.29) is 22.9 Å². The van der Waals surface area contributed by atoms with Gasteiger partial charge < -0.3 is 10.1 Å². The first-order valence-corrected chi connectivity index (χ1v) is 9.34. The van der Waals surface area contributed by atoms with Crippen LogP contribution in [0.15, 0.2) is 30.6 Å². The number of rotatable bonds is 1. The van der Waals surface area contributed by atoms with Crippen molar-refractivity contribution in [3.63, 3.8) is 0 Å². The van der Waals surface area contributed by atoms with E-state index in [1.807, 2.05) is 29.7 Å². The van der Waals surface area contributed by atoms with Crippen molar-refractivity contribution >= 4 is 11.5 Å². The molecule has 3 aromatic rings. The molecule has 6 heteroatoms. The molecule has 0 amide bonds. The van der Waals surface area contributed by atoms with Crippen LogP contribution in [0.25, 0.3) is 17.0 Å². The lowest BCUT2D eigenvalue weighted by Gasteiger charge is -2.48. The van der Waals surface area contributed by atoms with Gasteiger partial charge in [-0.25, -0.2) is 14.4 Å². The van der Waals surface area contributed by atoms with Crippen LogP contribution in [-0.2, 0) is 10.2 Å². The summed E-state index contributed by atoms with van der Waals surface area (Å²) in [6, 6.07) is 5.53. The number of aryl methyl sites for hydroxylation is 1. The SMILES string of the molecule is Cc1cc(-c2cc3c(cc2F)NC(C)(C)C2OCCC32C)n2ccnc2n1. The Balaban J connectivity index is 1.77. The number of imidazole rings is 1. The molecule has 0 spiro atoms. The van der Waals surface area contributed by atoms with Crippen molar-refractivity contribution in [3.05, 3.63) is 47.7 Å². The number of anilines is 1. The van der Waals surface area contributed by atoms with Crippen molar-refractivity contribution in [1.82, 2.24) is 14.4 Å². The van der Waals surface area contributed by atoms with E-state index >= 15 is 4.39 Å². The fraction of sp³-hybridized carbons (Fsp3) is 0.429. The summed E-state index contributed by atoms with van der Waals surface area (Å²) in [7, 11) is 0. The lowest BCUT2D eigenvalue weighted by Crippen LogP contribution is -2.56. The molecule has 1 N–H and O–H groups in total. The minimum absolute atomic E-state index is 0.0447. The zero-order valence-corrected chi connectivity index (χ0v) is 16.0. The van der Waals surface area contributed by atoms with Gasteiger partial charge in [0.05, 0.1) is 17.3 Å². The van der Waals surface area contributed by atoms with Crippen molar-refractivity contribution in [2.45, 2.75) is 51.2 Å². The van der Waals surface area contributed by atoms with Gasteiger partial charge in [0.2, 0.25) is 5.78 Å². The van der Waals surface area contributed by atoms with Crippen molar-refractivity contribution in [2.24, 2.45) is 0 Å². The van der Waals surface area contributed by atoms with Crippen LogP contribution in [0.4, 0.5) is 10.1 Å². The van der Waals surface area contributed by atoms with E-state index in [4.69, 9.17) is 4.74 Å². The summed E-state index contributed by atoms with van der Waals surface area (Å²) in [5.41, 5.74) is 3.71. The maximum Gasteiger partial charge on any atom is 0.234 e. The minimum Gasteiger partial charge on any atom is -0.377 e. The Kier molecular flexibility index (Phi) is 3.27. The smallest absolute Gasteiger partial charge is 0.234 e. The molecule has 2 aromatic heterocycles. The maximum absolute atomic E-state index is 15.2. The van der Waals surface area contributed by atoms with Gasteiger partial charge >= 0.3 is 0 Å². The van der Waals surface area contributed by atoms with Crippen molar-refractivity contribution in [3.8, 4) is 11.3 Å². The van der Waals surface area contributed by atoms with Gasteiger partial charge in [-0.05, 0) is 51.0 Å². The minimum atomic E-state index is -0.253. The number of hydrogen-bond acceptors (Lipinski definition) is 4. The Bertz CT molecular complexity index is 1070. The number of fused-ring (bicyclic) bond motifs is 4. The third-order valence-corrected chi connectivity index (χ3v) is 6.10. The molecule has 2 aliphatic rings. The molecule has 27 heavy (non-hydrogen) atoms. The van der Waals surface area contributed by atoms with Crippen LogP contribution in [0.5, 0.6) is 0 Å². The van der Waals surface area contributed by atoms with Crippen LogP contribution in [0.3, 0.4) is 0 Å². The molecular formula is C21H23FN4O. The summed E-state index contributed by atoms with van der Waals surface area (Å²) < 4.78 is 23.2. The lowest BCUT2D eigenvalue weighted by molar-refractivity contribution is 0.0352. The van der Waals surface area contributed by atoms with Gasteiger partial charge in [0.1, 0.15) is 5.82 Å². The zero-order chi connectivity index (χ0) is 19.0. The van der Waals surface area contributed by atoms with Gasteiger partial charge in [-0.15, -0.1) is 0 Å². The number of hydrogen-bond donors (Lipinski definition) is 1. The van der Waals surface area contributed by atoms with Crippen LogP contribution < -0.4 is 5.32 Å². The molecular weight excluding hydrogens is 343 g/mol. The second-order valence-corrected chi connectivity index (χ2v) is 8.52. The summed E-state index contributed by atoms with van der Waals surface area (Å²) >= 11 is 0. The van der Waals surface area contributed by atoms with Crippen LogP contribution in [-0.4, -0.2) is 32.6 Å². The average Bonchev–Trinajstić information content (AvgIpc) is 3.20. The van der Waals surface area contributed by atoms with Crippen molar-refractivity contribution < 1.29 is 9.13 Å².